The molecule has 1 N–H and O–H groups in total. The second-order valence-electron chi connectivity index (χ2n) is 5.27. The average molecular weight is 331 g/mol. The number of likely N-dealkylation sites (N-methyl/N-ethyl adjacent to an activating group) is 1. The van der Waals surface area contributed by atoms with Gasteiger partial charge >= 0.3 is 0 Å². The van der Waals surface area contributed by atoms with E-state index in [1.807, 2.05) is 4.90 Å². The Balaban J connectivity index is 1.77. The van der Waals surface area contributed by atoms with Gasteiger partial charge in [-0.15, -0.1) is 0 Å². The molecule has 21 heavy (non-hydrogen) atoms. The minimum atomic E-state index is 0.165. The Morgan fingerprint density at radius 2 is 1.90 bits per heavy atom. The Bertz CT molecular complexity index is 468. The van der Waals surface area contributed by atoms with Gasteiger partial charge in [-0.3, -0.25) is 4.79 Å². The highest BCUT2D eigenvalue weighted by Gasteiger charge is 2.22. The largest absolute Gasteiger partial charge is 0.493 e. The van der Waals surface area contributed by atoms with Crippen molar-refractivity contribution in [2.24, 2.45) is 5.92 Å². The van der Waals surface area contributed by atoms with Gasteiger partial charge in [0.1, 0.15) is 5.75 Å². The molecule has 0 aliphatic carbocycles. The molecule has 0 atom stereocenters. The maximum Gasteiger partial charge on any atom is 0.236 e. The number of hydrogen-bond acceptors (Lipinski definition) is 3. The summed E-state index contributed by atoms with van der Waals surface area (Å²) in [6.45, 7) is 2.63. The van der Waals surface area contributed by atoms with Gasteiger partial charge in [0.05, 0.1) is 13.2 Å². The molecule has 1 aliphatic rings. The molecule has 1 aliphatic heterocycles. The van der Waals surface area contributed by atoms with Crippen LogP contribution in [0, 0.1) is 5.92 Å². The summed E-state index contributed by atoms with van der Waals surface area (Å²) in [7, 11) is 1.79. The maximum atomic E-state index is 11.8. The maximum absolute atomic E-state index is 11.8. The first-order chi connectivity index (χ1) is 10.1. The van der Waals surface area contributed by atoms with Crippen LogP contribution in [0.5, 0.6) is 5.75 Å². The van der Waals surface area contributed by atoms with Crippen LogP contribution in [0.4, 0.5) is 0 Å². The Kier molecular flexibility index (Phi) is 6.15. The van der Waals surface area contributed by atoms with E-state index in [1.165, 1.54) is 0 Å². The Morgan fingerprint density at radius 1 is 1.29 bits per heavy atom. The van der Waals surface area contributed by atoms with Crippen molar-refractivity contribution in [1.29, 1.82) is 0 Å². The number of nitrogens with one attached hydrogen (secondary N) is 1. The van der Waals surface area contributed by atoms with Crippen LogP contribution in [0.1, 0.15) is 12.8 Å². The summed E-state index contributed by atoms with van der Waals surface area (Å²) < 4.78 is 5.77. The quantitative estimate of drug-likeness (QED) is 0.902. The second kappa shape index (κ2) is 7.87. The van der Waals surface area contributed by atoms with E-state index >= 15 is 0 Å². The summed E-state index contributed by atoms with van der Waals surface area (Å²) in [5.41, 5.74) is 0. The fourth-order valence-electron chi connectivity index (χ4n) is 2.44. The minimum Gasteiger partial charge on any atom is -0.493 e. The first kappa shape index (κ1) is 16.4. The van der Waals surface area contributed by atoms with E-state index in [9.17, 15) is 4.79 Å². The normalized spacial score (nSPS) is 16.0. The molecule has 1 fully saturated rings. The van der Waals surface area contributed by atoms with Gasteiger partial charge in [0.15, 0.2) is 0 Å². The molecule has 0 unspecified atom stereocenters. The van der Waals surface area contributed by atoms with Crippen LogP contribution in [0.15, 0.2) is 18.2 Å². The number of nitrogens with zero attached hydrogens (tertiary/aromatic N) is 1. The lowest BCUT2D eigenvalue weighted by Gasteiger charge is -2.32. The van der Waals surface area contributed by atoms with E-state index in [4.69, 9.17) is 27.9 Å². The number of carbonyl (C=O) groups excluding carboxylic acids is 1. The molecule has 1 aromatic carbocycles. The average Bonchev–Trinajstić information content (AvgIpc) is 2.45. The topological polar surface area (TPSA) is 41.6 Å². The highest BCUT2D eigenvalue weighted by atomic mass is 35.5. The molecule has 1 heterocycles. The van der Waals surface area contributed by atoms with Crippen LogP contribution >= 0.6 is 23.2 Å². The zero-order valence-corrected chi connectivity index (χ0v) is 13.6. The van der Waals surface area contributed by atoms with Gasteiger partial charge in [-0.25, -0.2) is 0 Å². The third-order valence-electron chi connectivity index (χ3n) is 3.62. The molecule has 2 rings (SSSR count). The molecule has 1 aromatic rings. The van der Waals surface area contributed by atoms with Crippen molar-refractivity contribution in [1.82, 2.24) is 10.2 Å². The van der Waals surface area contributed by atoms with Crippen LogP contribution in [0.2, 0.25) is 10.0 Å². The van der Waals surface area contributed by atoms with Crippen molar-refractivity contribution in [2.45, 2.75) is 12.8 Å². The Labute approximate surface area is 135 Å². The van der Waals surface area contributed by atoms with E-state index < -0.39 is 0 Å². The first-order valence-corrected chi connectivity index (χ1v) is 7.85. The van der Waals surface area contributed by atoms with E-state index in [0.717, 1.165) is 25.9 Å². The lowest BCUT2D eigenvalue weighted by molar-refractivity contribution is -0.131. The van der Waals surface area contributed by atoms with Crippen LogP contribution < -0.4 is 10.1 Å². The number of halogens is 2. The Morgan fingerprint density at radius 3 is 2.48 bits per heavy atom. The molecule has 0 aromatic heterocycles. The molecule has 0 radical (unpaired) electrons. The highest BCUT2D eigenvalue weighted by Crippen LogP contribution is 2.25. The predicted octanol–water partition coefficient (Wildman–Crippen LogP) is 2.83. The minimum absolute atomic E-state index is 0.165. The van der Waals surface area contributed by atoms with Crippen molar-refractivity contribution in [3.8, 4) is 5.75 Å². The third kappa shape index (κ3) is 5.06. The number of hydrogen-bond donors (Lipinski definition) is 1. The SMILES string of the molecule is CNCC(=O)N1CCC(COc2cc(Cl)cc(Cl)c2)CC1. The van der Waals surface area contributed by atoms with Gasteiger partial charge in [0, 0.05) is 23.1 Å². The molecule has 0 bridgehead atoms. The predicted molar refractivity (Wildman–Crippen MR) is 85.2 cm³/mol. The number of rotatable bonds is 5. The van der Waals surface area contributed by atoms with Gasteiger partial charge in [0.25, 0.3) is 0 Å². The van der Waals surface area contributed by atoms with Gasteiger partial charge in [-0.05, 0) is 44.0 Å². The van der Waals surface area contributed by atoms with Crippen LogP contribution in [-0.2, 0) is 4.79 Å². The summed E-state index contributed by atoms with van der Waals surface area (Å²) in [6, 6.07) is 5.21. The van der Waals surface area contributed by atoms with Crippen LogP contribution in [0.25, 0.3) is 0 Å². The van der Waals surface area contributed by atoms with Crippen LogP contribution in [0.3, 0.4) is 0 Å². The molecular weight excluding hydrogens is 311 g/mol. The summed E-state index contributed by atoms with van der Waals surface area (Å²) >= 11 is 11.9. The third-order valence-corrected chi connectivity index (χ3v) is 4.05. The van der Waals surface area contributed by atoms with Crippen LogP contribution in [-0.4, -0.2) is 44.1 Å². The van der Waals surface area contributed by atoms with Crippen molar-refractivity contribution in [2.75, 3.05) is 33.3 Å². The van der Waals surface area contributed by atoms with Crippen molar-refractivity contribution in [3.63, 3.8) is 0 Å². The summed E-state index contributed by atoms with van der Waals surface area (Å²) in [5, 5.41) is 4.04. The number of benzene rings is 1. The summed E-state index contributed by atoms with van der Waals surface area (Å²) in [6.07, 6.45) is 1.92. The molecule has 4 nitrogen and oxygen atoms in total. The molecule has 1 amide bonds. The van der Waals surface area contributed by atoms with E-state index in [2.05, 4.69) is 5.32 Å². The van der Waals surface area contributed by atoms with E-state index in [-0.39, 0.29) is 5.91 Å². The van der Waals surface area contributed by atoms with Crippen molar-refractivity contribution in [3.05, 3.63) is 28.2 Å². The second-order valence-corrected chi connectivity index (χ2v) is 6.14. The van der Waals surface area contributed by atoms with Gasteiger partial charge in [-0.2, -0.15) is 0 Å². The zero-order chi connectivity index (χ0) is 15.2. The van der Waals surface area contributed by atoms with Gasteiger partial charge in [-0.1, -0.05) is 23.2 Å². The van der Waals surface area contributed by atoms with Crippen molar-refractivity contribution < 1.29 is 9.53 Å². The zero-order valence-electron chi connectivity index (χ0n) is 12.1. The number of ether oxygens (including phenoxy) is 1. The molecule has 0 saturated carbocycles. The first-order valence-electron chi connectivity index (χ1n) is 7.09. The van der Waals surface area contributed by atoms with E-state index in [0.29, 0.717) is 34.9 Å². The summed E-state index contributed by atoms with van der Waals surface area (Å²) in [4.78, 5) is 13.7. The molecule has 6 heteroatoms. The Hall–Kier alpha value is -0.970. The molecule has 116 valence electrons. The van der Waals surface area contributed by atoms with Crippen molar-refractivity contribution >= 4 is 29.1 Å². The number of amides is 1. The van der Waals surface area contributed by atoms with Gasteiger partial charge < -0.3 is 15.0 Å². The smallest absolute Gasteiger partial charge is 0.236 e. The van der Waals surface area contributed by atoms with Gasteiger partial charge in [0.2, 0.25) is 5.91 Å². The fourth-order valence-corrected chi connectivity index (χ4v) is 2.94. The molecular formula is C15H20Cl2N2O2. The lowest BCUT2D eigenvalue weighted by atomic mass is 9.98. The number of piperidine rings is 1. The monoisotopic (exact) mass is 330 g/mol. The lowest BCUT2D eigenvalue weighted by Crippen LogP contribution is -2.43. The standard InChI is InChI=1S/C15H20Cl2N2O2/c1-18-9-15(20)19-4-2-11(3-5-19)10-21-14-7-12(16)6-13(17)8-14/h6-8,11,18H,2-5,9-10H2,1H3. The fraction of sp³-hybridized carbons (Fsp3) is 0.533. The molecule has 0 spiro atoms. The van der Waals surface area contributed by atoms with E-state index in [1.54, 1.807) is 25.2 Å². The number of carbonyl (C=O) groups is 1. The number of likely N-dealkylation sites (tertiary alicyclic amines) is 1. The molecule has 1 saturated heterocycles. The highest BCUT2D eigenvalue weighted by molar-refractivity contribution is 6.34. The summed E-state index contributed by atoms with van der Waals surface area (Å²) in [5.74, 6) is 1.32.